The van der Waals surface area contributed by atoms with Gasteiger partial charge in [0.1, 0.15) is 0 Å². The minimum atomic E-state index is -0.567. The third-order valence-corrected chi connectivity index (χ3v) is 3.90. The lowest BCUT2D eigenvalue weighted by atomic mass is 9.90. The summed E-state index contributed by atoms with van der Waals surface area (Å²) in [6.45, 7) is 1.19. The van der Waals surface area contributed by atoms with Crippen LogP contribution in [0.3, 0.4) is 0 Å². The van der Waals surface area contributed by atoms with E-state index in [4.69, 9.17) is 4.42 Å². The number of pyridine rings is 1. The highest BCUT2D eigenvalue weighted by Gasteiger charge is 2.29. The van der Waals surface area contributed by atoms with E-state index in [1.54, 1.807) is 23.4 Å². The molecule has 5 heteroatoms. The number of Topliss-reactive ketones (excluding diaryl/α,β-unsaturated/α-hetero) is 1. The largest absolute Gasteiger partial charge is 0.461 e. The highest BCUT2D eigenvalue weighted by atomic mass is 16.3. The second-order valence-corrected chi connectivity index (χ2v) is 5.15. The fourth-order valence-corrected chi connectivity index (χ4v) is 2.71. The monoisotopic (exact) mass is 284 g/mol. The van der Waals surface area contributed by atoms with Crippen molar-refractivity contribution in [2.75, 3.05) is 13.1 Å². The van der Waals surface area contributed by atoms with Gasteiger partial charge in [0.15, 0.2) is 5.76 Å². The van der Waals surface area contributed by atoms with Crippen LogP contribution in [0.2, 0.25) is 0 Å². The molecule has 0 atom stereocenters. The number of carbonyl (C=O) groups excluding carboxylic acids is 2. The molecule has 0 N–H and O–H groups in total. The summed E-state index contributed by atoms with van der Waals surface area (Å²) in [5.41, 5.74) is 1.24. The summed E-state index contributed by atoms with van der Waals surface area (Å²) < 4.78 is 4.99. The molecule has 0 aromatic carbocycles. The fraction of sp³-hybridized carbons (Fsp3) is 0.312. The zero-order valence-corrected chi connectivity index (χ0v) is 11.6. The lowest BCUT2D eigenvalue weighted by Crippen LogP contribution is -2.41. The van der Waals surface area contributed by atoms with Crippen LogP contribution in [0.4, 0.5) is 0 Å². The molecule has 108 valence electrons. The van der Waals surface area contributed by atoms with Gasteiger partial charge in [-0.1, -0.05) is 0 Å². The maximum absolute atomic E-state index is 12.1. The average molecular weight is 284 g/mol. The Hall–Kier alpha value is -2.43. The van der Waals surface area contributed by atoms with E-state index in [0.29, 0.717) is 19.0 Å². The van der Waals surface area contributed by atoms with Gasteiger partial charge in [-0.25, -0.2) is 0 Å². The smallest absolute Gasteiger partial charge is 0.298 e. The molecule has 0 spiro atoms. The van der Waals surface area contributed by atoms with Gasteiger partial charge < -0.3 is 9.32 Å². The lowest BCUT2D eigenvalue weighted by Gasteiger charge is -2.31. The van der Waals surface area contributed by atoms with Gasteiger partial charge >= 0.3 is 0 Å². The zero-order valence-electron chi connectivity index (χ0n) is 11.6. The van der Waals surface area contributed by atoms with E-state index in [1.807, 2.05) is 12.1 Å². The molecule has 0 aliphatic carbocycles. The summed E-state index contributed by atoms with van der Waals surface area (Å²) >= 11 is 0. The van der Waals surface area contributed by atoms with Gasteiger partial charge in [-0.2, -0.15) is 0 Å². The third kappa shape index (κ3) is 2.86. The molecule has 5 nitrogen and oxygen atoms in total. The van der Waals surface area contributed by atoms with Crippen LogP contribution < -0.4 is 0 Å². The van der Waals surface area contributed by atoms with E-state index in [2.05, 4.69) is 4.98 Å². The molecular formula is C16H16N2O3. The molecule has 3 rings (SSSR count). The molecule has 3 heterocycles. The van der Waals surface area contributed by atoms with Crippen molar-refractivity contribution in [3.8, 4) is 0 Å². The molecule has 1 fully saturated rings. The lowest BCUT2D eigenvalue weighted by molar-refractivity contribution is -0.127. The van der Waals surface area contributed by atoms with Crippen LogP contribution in [0.25, 0.3) is 0 Å². The third-order valence-electron chi connectivity index (χ3n) is 3.90. The molecule has 0 bridgehead atoms. The Morgan fingerprint density at radius 3 is 2.48 bits per heavy atom. The number of furan rings is 1. The summed E-state index contributed by atoms with van der Waals surface area (Å²) in [4.78, 5) is 29.7. The zero-order chi connectivity index (χ0) is 14.7. The first-order chi connectivity index (χ1) is 10.3. The molecule has 0 unspecified atom stereocenters. The fourth-order valence-electron chi connectivity index (χ4n) is 2.71. The molecule has 0 saturated carbocycles. The highest BCUT2D eigenvalue weighted by Crippen LogP contribution is 2.27. The molecule has 2 aromatic rings. The van der Waals surface area contributed by atoms with E-state index in [9.17, 15) is 9.59 Å². The molecule has 1 saturated heterocycles. The van der Waals surface area contributed by atoms with E-state index in [-0.39, 0.29) is 5.76 Å². The van der Waals surface area contributed by atoms with Crippen molar-refractivity contribution in [2.24, 2.45) is 0 Å². The number of piperidine rings is 1. The van der Waals surface area contributed by atoms with Crippen LogP contribution in [0.15, 0.2) is 47.3 Å². The Labute approximate surface area is 122 Å². The summed E-state index contributed by atoms with van der Waals surface area (Å²) in [5.74, 6) is -0.507. The number of aromatic nitrogens is 1. The number of likely N-dealkylation sites (tertiary alicyclic amines) is 1. The van der Waals surface area contributed by atoms with Crippen molar-refractivity contribution in [3.63, 3.8) is 0 Å². The highest BCUT2D eigenvalue weighted by molar-refractivity contribution is 6.41. The Morgan fingerprint density at radius 1 is 1.14 bits per heavy atom. The van der Waals surface area contributed by atoms with Crippen molar-refractivity contribution in [2.45, 2.75) is 18.8 Å². The van der Waals surface area contributed by atoms with Crippen LogP contribution >= 0.6 is 0 Å². The van der Waals surface area contributed by atoms with Gasteiger partial charge in [-0.3, -0.25) is 14.6 Å². The van der Waals surface area contributed by atoms with E-state index >= 15 is 0 Å². The molecule has 0 radical (unpaired) electrons. The summed E-state index contributed by atoms with van der Waals surface area (Å²) in [5, 5.41) is 0. The second-order valence-electron chi connectivity index (χ2n) is 5.15. The van der Waals surface area contributed by atoms with Crippen molar-refractivity contribution < 1.29 is 14.0 Å². The molecule has 2 aromatic heterocycles. The number of hydrogen-bond acceptors (Lipinski definition) is 4. The Balaban J connectivity index is 1.61. The number of ketones is 1. The van der Waals surface area contributed by atoms with Crippen molar-refractivity contribution >= 4 is 11.7 Å². The molecule has 1 aliphatic heterocycles. The SMILES string of the molecule is O=C(C(=O)N1CCC(c2ccncc2)CC1)c1ccco1. The number of nitrogens with zero attached hydrogens (tertiary/aromatic N) is 2. The second kappa shape index (κ2) is 5.91. The van der Waals surface area contributed by atoms with Gasteiger partial charge in [0, 0.05) is 25.5 Å². The van der Waals surface area contributed by atoms with Crippen molar-refractivity contribution in [1.82, 2.24) is 9.88 Å². The van der Waals surface area contributed by atoms with Gasteiger partial charge in [-0.05, 0) is 48.6 Å². The van der Waals surface area contributed by atoms with Crippen LogP contribution in [0, 0.1) is 0 Å². The maximum atomic E-state index is 12.1. The van der Waals surface area contributed by atoms with Crippen molar-refractivity contribution in [1.29, 1.82) is 0 Å². The van der Waals surface area contributed by atoms with Crippen LogP contribution in [0.1, 0.15) is 34.9 Å². The van der Waals surface area contributed by atoms with Gasteiger partial charge in [0.2, 0.25) is 0 Å². The van der Waals surface area contributed by atoms with Crippen molar-refractivity contribution in [3.05, 3.63) is 54.2 Å². The first kappa shape index (κ1) is 13.5. The van der Waals surface area contributed by atoms with Crippen LogP contribution in [-0.4, -0.2) is 34.7 Å². The average Bonchev–Trinajstić information content (AvgIpc) is 3.09. The predicted molar refractivity (Wildman–Crippen MR) is 75.8 cm³/mol. The number of hydrogen-bond donors (Lipinski definition) is 0. The molecule has 1 amide bonds. The predicted octanol–water partition coefficient (Wildman–Crippen LogP) is 2.26. The minimum absolute atomic E-state index is 0.108. The topological polar surface area (TPSA) is 63.4 Å². The van der Waals surface area contributed by atoms with Gasteiger partial charge in [0.25, 0.3) is 11.7 Å². The molecule has 1 aliphatic rings. The first-order valence-corrected chi connectivity index (χ1v) is 7.03. The van der Waals surface area contributed by atoms with E-state index in [1.165, 1.54) is 17.9 Å². The quantitative estimate of drug-likeness (QED) is 0.640. The Kier molecular flexibility index (Phi) is 3.81. The van der Waals surface area contributed by atoms with E-state index in [0.717, 1.165) is 12.8 Å². The Morgan fingerprint density at radius 2 is 1.86 bits per heavy atom. The molecular weight excluding hydrogens is 268 g/mol. The molecule has 21 heavy (non-hydrogen) atoms. The number of amides is 1. The first-order valence-electron chi connectivity index (χ1n) is 7.03. The number of rotatable bonds is 3. The summed E-state index contributed by atoms with van der Waals surface area (Å²) in [7, 11) is 0. The standard InChI is InChI=1S/C16H16N2O3/c19-15(14-2-1-11-21-14)16(20)18-9-5-13(6-10-18)12-3-7-17-8-4-12/h1-4,7-8,11,13H,5-6,9-10H2. The van der Waals surface area contributed by atoms with E-state index < -0.39 is 11.7 Å². The van der Waals surface area contributed by atoms with Crippen LogP contribution in [0.5, 0.6) is 0 Å². The van der Waals surface area contributed by atoms with Gasteiger partial charge in [-0.15, -0.1) is 0 Å². The Bertz CT molecular complexity index is 614. The normalized spacial score (nSPS) is 15.9. The van der Waals surface area contributed by atoms with Crippen LogP contribution in [-0.2, 0) is 4.79 Å². The minimum Gasteiger partial charge on any atom is -0.461 e. The number of carbonyl (C=O) groups is 2. The summed E-state index contributed by atoms with van der Waals surface area (Å²) in [6.07, 6.45) is 6.69. The summed E-state index contributed by atoms with van der Waals surface area (Å²) in [6, 6.07) is 7.15. The van der Waals surface area contributed by atoms with Gasteiger partial charge in [0.05, 0.1) is 6.26 Å². The maximum Gasteiger partial charge on any atom is 0.298 e.